The summed E-state index contributed by atoms with van der Waals surface area (Å²) >= 11 is 0. The van der Waals surface area contributed by atoms with E-state index in [-0.39, 0.29) is 11.2 Å². The fraction of sp³-hybridized carbons (Fsp3) is 0.444. The molecule has 1 aliphatic heterocycles. The Morgan fingerprint density at radius 3 is 3.56 bits per heavy atom. The minimum Gasteiger partial charge on any atom is -0.394 e. The fourth-order valence-corrected chi connectivity index (χ4v) is 1.28. The zero-order valence-corrected chi connectivity index (χ0v) is 7.70. The van der Waals surface area contributed by atoms with Gasteiger partial charge in [0.05, 0.1) is 30.7 Å². The topological polar surface area (TPSA) is 99.8 Å². The van der Waals surface area contributed by atoms with Gasteiger partial charge >= 0.3 is 0 Å². The summed E-state index contributed by atoms with van der Waals surface area (Å²) in [7, 11) is 0. The molecule has 0 aromatic carbocycles. The van der Waals surface area contributed by atoms with Crippen molar-refractivity contribution in [3.8, 4) is 0 Å². The first-order valence-electron chi connectivity index (χ1n) is 8.20. The summed E-state index contributed by atoms with van der Waals surface area (Å²) in [5.74, 6) is 0. The Kier molecular flexibility index (Phi) is 0.904. The lowest BCUT2D eigenvalue weighted by molar-refractivity contribution is -0.178. The van der Waals surface area contributed by atoms with Crippen molar-refractivity contribution in [3.05, 3.63) is 18.1 Å². The molecule has 1 fully saturated rings. The van der Waals surface area contributed by atoms with Gasteiger partial charge in [-0.05, 0) is 0 Å². The number of aromatic nitrogens is 4. The number of nitrogens with zero attached hydrogens (tertiary/aromatic N) is 3. The van der Waals surface area contributed by atoms with Crippen molar-refractivity contribution in [3.63, 3.8) is 0 Å². The molecule has 0 bridgehead atoms. The molecule has 2 atom stereocenters. The summed E-state index contributed by atoms with van der Waals surface area (Å²) in [5.41, 5.74) is -1.000. The minimum atomic E-state index is -3.42. The molecule has 1 aliphatic rings. The second-order valence-corrected chi connectivity index (χ2v) is 2.91. The molecule has 2 aromatic heterocycles. The summed E-state index contributed by atoms with van der Waals surface area (Å²) in [4.78, 5) is 9.46. The van der Waals surface area contributed by atoms with Crippen LogP contribution >= 0.6 is 0 Å². The van der Waals surface area contributed by atoms with Crippen LogP contribution in [0.5, 0.6) is 0 Å². The molecular formula is C9H11N5O2. The molecule has 0 aliphatic carbocycles. The number of ether oxygens (including phenoxy) is 1. The molecule has 3 heterocycles. The van der Waals surface area contributed by atoms with Crippen LogP contribution in [-0.4, -0.2) is 37.3 Å². The largest absolute Gasteiger partial charge is 0.394 e. The molecule has 3 rings (SSSR count). The van der Waals surface area contributed by atoms with Crippen LogP contribution in [-0.2, 0) is 4.74 Å². The van der Waals surface area contributed by atoms with Gasteiger partial charge in [-0.15, -0.1) is 0 Å². The van der Waals surface area contributed by atoms with E-state index in [1.807, 2.05) is 0 Å². The molecule has 84 valence electrons. The maximum atomic E-state index is 9.38. The van der Waals surface area contributed by atoms with Gasteiger partial charge < -0.3 is 14.8 Å². The average Bonchev–Trinajstić information content (AvgIpc) is 2.74. The Labute approximate surface area is 101 Å². The highest BCUT2D eigenvalue weighted by Gasteiger charge is 2.31. The summed E-state index contributed by atoms with van der Waals surface area (Å²) in [6.07, 6.45) is -10.3. The molecule has 0 radical (unpaired) electrons. The Morgan fingerprint density at radius 1 is 1.94 bits per heavy atom. The van der Waals surface area contributed by atoms with Crippen molar-refractivity contribution < 1.29 is 20.8 Å². The van der Waals surface area contributed by atoms with E-state index in [4.69, 9.17) is 21.1 Å². The van der Waals surface area contributed by atoms with Crippen LogP contribution in [0.4, 0.5) is 0 Å². The molecule has 7 nitrogen and oxygen atoms in total. The van der Waals surface area contributed by atoms with Crippen molar-refractivity contribution in [2.24, 2.45) is 0 Å². The molecule has 16 heavy (non-hydrogen) atoms. The molecule has 0 amide bonds. The van der Waals surface area contributed by atoms with Gasteiger partial charge in [-0.3, -0.25) is 9.98 Å². The summed E-state index contributed by atoms with van der Waals surface area (Å²) < 4.78 is 66.6. The Bertz CT molecular complexity index is 906. The standard InChI is InChI=1S/C9H11N5O2/c10-8-7-9(12-3-11-8)14(4-13-7)6-1-5(2-15)16-6/h3-6,15H,1-2H2,(H2,10,11,12)/t5-,6+/m0/s1/i1D2,2D2,3D,4D,5D,6D. The number of H-pyrrole nitrogens is 1. The molecule has 7 heteroatoms. The van der Waals surface area contributed by atoms with Crippen LogP contribution < -0.4 is 5.49 Å². The van der Waals surface area contributed by atoms with Gasteiger partial charge in [0.1, 0.15) is 20.1 Å². The van der Waals surface area contributed by atoms with Crippen molar-refractivity contribution in [1.82, 2.24) is 19.5 Å². The minimum absolute atomic E-state index is 0.225. The predicted molar refractivity (Wildman–Crippen MR) is 53.3 cm³/mol. The van der Waals surface area contributed by atoms with Crippen LogP contribution in [0.2, 0.25) is 0 Å². The van der Waals surface area contributed by atoms with Gasteiger partial charge in [0.25, 0.3) is 0 Å². The first-order valence-corrected chi connectivity index (χ1v) is 4.20. The monoisotopic (exact) mass is 229 g/mol. The number of hydrogen-bond donors (Lipinski definition) is 3. The third-order valence-corrected chi connectivity index (χ3v) is 2.00. The first-order chi connectivity index (χ1) is 10.8. The van der Waals surface area contributed by atoms with E-state index < -0.39 is 43.3 Å². The smallest absolute Gasteiger partial charge is 0.176 e. The van der Waals surface area contributed by atoms with E-state index >= 15 is 0 Å². The van der Waals surface area contributed by atoms with Gasteiger partial charge in [-0.2, -0.15) is 0 Å². The Balaban J connectivity index is 2.26. The van der Waals surface area contributed by atoms with Gasteiger partial charge in [0.15, 0.2) is 5.49 Å². The van der Waals surface area contributed by atoms with E-state index in [1.54, 1.807) is 0 Å². The van der Waals surface area contributed by atoms with E-state index in [9.17, 15) is 5.11 Å². The predicted octanol–water partition coefficient (Wildman–Crippen LogP) is -0.481. The van der Waals surface area contributed by atoms with E-state index in [0.29, 0.717) is 4.57 Å². The maximum Gasteiger partial charge on any atom is 0.176 e. The average molecular weight is 229 g/mol. The summed E-state index contributed by atoms with van der Waals surface area (Å²) in [6.45, 7) is -3.42. The molecule has 3 N–H and O–H groups in total. The number of nitrogens with one attached hydrogen (secondary N) is 2. The zero-order valence-electron chi connectivity index (χ0n) is 15.7. The fourth-order valence-electron chi connectivity index (χ4n) is 1.28. The number of hydrogen-bond acceptors (Lipinski definition) is 5. The molecule has 2 aromatic rings. The third-order valence-electron chi connectivity index (χ3n) is 2.00. The van der Waals surface area contributed by atoms with Crippen LogP contribution in [0, 0.1) is 5.41 Å². The quantitative estimate of drug-likeness (QED) is 0.647. The molecule has 0 unspecified atom stereocenters. The lowest BCUT2D eigenvalue weighted by Crippen LogP contribution is -2.37. The van der Waals surface area contributed by atoms with Crippen molar-refractivity contribution in [2.45, 2.75) is 18.7 Å². The van der Waals surface area contributed by atoms with E-state index in [0.717, 1.165) is 0 Å². The number of rotatable bonds is 2. The molecule has 0 spiro atoms. The van der Waals surface area contributed by atoms with Gasteiger partial charge in [-0.25, -0.2) is 9.97 Å². The van der Waals surface area contributed by atoms with Crippen LogP contribution in [0.1, 0.15) is 23.5 Å². The van der Waals surface area contributed by atoms with Crippen molar-refractivity contribution in [2.75, 3.05) is 6.56 Å². The third kappa shape index (κ3) is 1.25. The van der Waals surface area contributed by atoms with Gasteiger partial charge in [-0.1, -0.05) is 0 Å². The van der Waals surface area contributed by atoms with Crippen molar-refractivity contribution in [1.29, 1.82) is 5.41 Å². The van der Waals surface area contributed by atoms with Gasteiger partial charge in [0.2, 0.25) is 0 Å². The second-order valence-electron chi connectivity index (χ2n) is 2.91. The lowest BCUT2D eigenvalue weighted by atomic mass is 10.1. The summed E-state index contributed by atoms with van der Waals surface area (Å²) in [6, 6.07) is 0. The van der Waals surface area contributed by atoms with Gasteiger partial charge in [0, 0.05) is 9.11 Å². The van der Waals surface area contributed by atoms with Crippen LogP contribution in [0.25, 0.3) is 11.2 Å². The number of aromatic amines is 1. The SMILES string of the molecule is [2H]c1nc(=N)c2nc([2H])n([C@]3([2H])O[C@]([2H])(C([2H])([2H])O)C3([2H])[2H])c2[nH]1. The highest BCUT2D eigenvalue weighted by atomic mass is 16.5. The number of aliphatic hydroxyl groups is 1. The molecular weight excluding hydrogens is 210 g/mol. The Hall–Kier alpha value is -1.73. The molecule has 0 saturated carbocycles. The van der Waals surface area contributed by atoms with Crippen LogP contribution in [0.3, 0.4) is 0 Å². The van der Waals surface area contributed by atoms with E-state index in [1.165, 1.54) is 0 Å². The Morgan fingerprint density at radius 2 is 2.81 bits per heavy atom. The molecule has 1 saturated heterocycles. The highest BCUT2D eigenvalue weighted by Crippen LogP contribution is 2.31. The normalized spacial score (nSPS) is 45.1. The zero-order chi connectivity index (χ0) is 18.3. The summed E-state index contributed by atoms with van der Waals surface area (Å²) in [5, 5.41) is 17.0. The number of fused-ring (bicyclic) bond motifs is 1. The number of imidazole rings is 1. The van der Waals surface area contributed by atoms with E-state index in [2.05, 4.69) is 15.0 Å². The lowest BCUT2D eigenvalue weighted by Gasteiger charge is -2.35. The maximum absolute atomic E-state index is 9.38. The second kappa shape index (κ2) is 3.39. The first kappa shape index (κ1) is 4.27. The van der Waals surface area contributed by atoms with Crippen molar-refractivity contribution >= 4 is 11.2 Å². The van der Waals surface area contributed by atoms with Crippen LogP contribution in [0.15, 0.2) is 12.6 Å². The highest BCUT2D eigenvalue weighted by molar-refractivity contribution is 5.68.